The van der Waals surface area contributed by atoms with Crippen LogP contribution in [-0.2, 0) is 47.4 Å². The second-order valence-electron chi connectivity index (χ2n) is 6.03. The molecule has 0 rings (SSSR count). The van der Waals surface area contributed by atoms with Gasteiger partial charge in [0.15, 0.2) is 0 Å². The van der Waals surface area contributed by atoms with E-state index in [2.05, 4.69) is 6.58 Å². The number of methoxy groups -OCH3 is 4. The van der Waals surface area contributed by atoms with Gasteiger partial charge in [0.2, 0.25) is 0 Å². The number of carbonyl (C=O) groups is 1. The summed E-state index contributed by atoms with van der Waals surface area (Å²) in [5.41, 5.74) is 0. The van der Waals surface area contributed by atoms with Crippen molar-refractivity contribution in [3.8, 4) is 0 Å². The summed E-state index contributed by atoms with van der Waals surface area (Å²) in [4.78, 5) is 11.6. The largest absolute Gasteiger partial charge is 0.460 e. The summed E-state index contributed by atoms with van der Waals surface area (Å²) in [7, 11) is 6.34. The van der Waals surface area contributed by atoms with Crippen molar-refractivity contribution in [1.29, 1.82) is 0 Å². The number of rotatable bonds is 22. The summed E-state index contributed by atoms with van der Waals surface area (Å²) in [5.74, 6) is -0.556. The number of hydrogen-bond acceptors (Lipinski definition) is 10. The highest BCUT2D eigenvalue weighted by molar-refractivity contribution is 5.81. The van der Waals surface area contributed by atoms with Crippen molar-refractivity contribution in [2.24, 2.45) is 0 Å². The van der Waals surface area contributed by atoms with Crippen molar-refractivity contribution >= 4 is 5.97 Å². The molecule has 0 saturated carbocycles. The molecule has 0 aromatic carbocycles. The van der Waals surface area contributed by atoms with Crippen molar-refractivity contribution in [2.75, 3.05) is 94.5 Å². The van der Waals surface area contributed by atoms with Crippen LogP contribution in [0.3, 0.4) is 0 Å². The lowest BCUT2D eigenvalue weighted by atomic mass is 10.1. The highest BCUT2D eigenvalue weighted by Gasteiger charge is 2.33. The standard InChI is InChI=1S/C20H38O10/c1-6-19(21)30-16-18(28-13-9-24-4)20(29-14-10-25-5)17(27-12-8-23-3)15-26-11-7-22-2/h6,17-18,20H,1,7-16H2,2-5H3. The third-order valence-electron chi connectivity index (χ3n) is 3.84. The Balaban J connectivity index is 5.34. The van der Waals surface area contributed by atoms with Crippen LogP contribution >= 0.6 is 0 Å². The summed E-state index contributed by atoms with van der Waals surface area (Å²) >= 11 is 0. The van der Waals surface area contributed by atoms with Gasteiger partial charge >= 0.3 is 5.97 Å². The summed E-state index contributed by atoms with van der Waals surface area (Å²) in [6.07, 6.45) is -0.648. The number of ether oxygens (including phenoxy) is 9. The van der Waals surface area contributed by atoms with Crippen LogP contribution in [0.5, 0.6) is 0 Å². The molecular formula is C20H38O10. The first-order valence-corrected chi connectivity index (χ1v) is 9.82. The molecule has 178 valence electrons. The molecule has 0 saturated heterocycles. The van der Waals surface area contributed by atoms with E-state index in [1.165, 1.54) is 0 Å². The molecule has 0 aliphatic rings. The molecule has 0 aliphatic heterocycles. The van der Waals surface area contributed by atoms with Crippen molar-refractivity contribution in [1.82, 2.24) is 0 Å². The van der Waals surface area contributed by atoms with E-state index >= 15 is 0 Å². The van der Waals surface area contributed by atoms with E-state index in [9.17, 15) is 4.79 Å². The minimum Gasteiger partial charge on any atom is -0.460 e. The fourth-order valence-electron chi connectivity index (χ4n) is 2.33. The van der Waals surface area contributed by atoms with Gasteiger partial charge in [-0.1, -0.05) is 6.58 Å². The predicted octanol–water partition coefficient (Wildman–Crippen LogP) is 0.473. The first kappa shape index (κ1) is 28.9. The molecule has 0 amide bonds. The zero-order valence-electron chi connectivity index (χ0n) is 18.7. The molecule has 0 bridgehead atoms. The number of carbonyl (C=O) groups excluding carboxylic acids is 1. The van der Waals surface area contributed by atoms with Crippen molar-refractivity contribution < 1.29 is 47.4 Å². The Hall–Kier alpha value is -1.11. The van der Waals surface area contributed by atoms with Crippen molar-refractivity contribution in [3.63, 3.8) is 0 Å². The van der Waals surface area contributed by atoms with E-state index in [1.54, 1.807) is 28.4 Å². The number of hydrogen-bond donors (Lipinski definition) is 0. The summed E-state index contributed by atoms with van der Waals surface area (Å²) < 4.78 is 49.0. The SMILES string of the molecule is C=CC(=O)OCC(OCCOC)C(OCCOC)C(COCCOC)OCCOC. The van der Waals surface area contributed by atoms with Gasteiger partial charge in [0.1, 0.15) is 24.9 Å². The van der Waals surface area contributed by atoms with Gasteiger partial charge in [-0.3, -0.25) is 0 Å². The van der Waals surface area contributed by atoms with Crippen LogP contribution in [0.4, 0.5) is 0 Å². The maximum absolute atomic E-state index is 11.6. The van der Waals surface area contributed by atoms with E-state index in [1.807, 2.05) is 0 Å². The molecule has 0 aromatic rings. The lowest BCUT2D eigenvalue weighted by molar-refractivity contribution is -0.180. The van der Waals surface area contributed by atoms with Crippen LogP contribution in [0, 0.1) is 0 Å². The molecule has 10 heteroatoms. The van der Waals surface area contributed by atoms with Crippen LogP contribution in [-0.4, -0.2) is 119 Å². The van der Waals surface area contributed by atoms with Gasteiger partial charge in [0.25, 0.3) is 0 Å². The molecular weight excluding hydrogens is 400 g/mol. The quantitative estimate of drug-likeness (QED) is 0.135. The van der Waals surface area contributed by atoms with E-state index < -0.39 is 24.3 Å². The van der Waals surface area contributed by atoms with Gasteiger partial charge in [-0.05, 0) is 0 Å². The minimum atomic E-state index is -0.625. The van der Waals surface area contributed by atoms with Gasteiger partial charge < -0.3 is 42.6 Å². The molecule has 3 unspecified atom stereocenters. The third kappa shape index (κ3) is 14.8. The Bertz CT molecular complexity index is 407. The highest BCUT2D eigenvalue weighted by Crippen LogP contribution is 2.15. The molecule has 0 heterocycles. The molecule has 3 atom stereocenters. The Morgan fingerprint density at radius 1 is 0.700 bits per heavy atom. The summed E-state index contributed by atoms with van der Waals surface area (Å²) in [6.45, 7) is 6.49. The van der Waals surface area contributed by atoms with E-state index in [0.29, 0.717) is 46.2 Å². The van der Waals surface area contributed by atoms with Gasteiger partial charge in [0.05, 0.1) is 59.5 Å². The van der Waals surface area contributed by atoms with E-state index in [-0.39, 0.29) is 19.8 Å². The van der Waals surface area contributed by atoms with Gasteiger partial charge in [0, 0.05) is 34.5 Å². The molecule has 0 aromatic heterocycles. The van der Waals surface area contributed by atoms with Crippen molar-refractivity contribution in [3.05, 3.63) is 12.7 Å². The topological polar surface area (TPSA) is 100 Å². The lowest BCUT2D eigenvalue weighted by Gasteiger charge is -2.33. The van der Waals surface area contributed by atoms with Gasteiger partial charge in [-0.15, -0.1) is 0 Å². The maximum atomic E-state index is 11.6. The van der Waals surface area contributed by atoms with E-state index in [4.69, 9.17) is 42.6 Å². The lowest BCUT2D eigenvalue weighted by Crippen LogP contribution is -2.48. The first-order chi connectivity index (χ1) is 14.6. The van der Waals surface area contributed by atoms with Crippen molar-refractivity contribution in [2.45, 2.75) is 18.3 Å². The van der Waals surface area contributed by atoms with Gasteiger partial charge in [-0.25, -0.2) is 4.79 Å². The molecule has 30 heavy (non-hydrogen) atoms. The van der Waals surface area contributed by atoms with Crippen LogP contribution in [0.2, 0.25) is 0 Å². The molecule has 0 fully saturated rings. The molecule has 0 aliphatic carbocycles. The average Bonchev–Trinajstić information content (AvgIpc) is 2.76. The Labute approximate surface area is 179 Å². The molecule has 10 nitrogen and oxygen atoms in total. The monoisotopic (exact) mass is 438 g/mol. The second kappa shape index (κ2) is 21.1. The molecule has 0 spiro atoms. The number of esters is 1. The fraction of sp³-hybridized carbons (Fsp3) is 0.850. The predicted molar refractivity (Wildman–Crippen MR) is 109 cm³/mol. The average molecular weight is 439 g/mol. The highest BCUT2D eigenvalue weighted by atomic mass is 16.6. The molecule has 0 radical (unpaired) electrons. The molecule has 0 N–H and O–H groups in total. The normalized spacial score (nSPS) is 14.3. The zero-order valence-corrected chi connectivity index (χ0v) is 18.7. The Kier molecular flexibility index (Phi) is 20.4. The Morgan fingerprint density at radius 3 is 1.67 bits per heavy atom. The minimum absolute atomic E-state index is 0.0472. The van der Waals surface area contributed by atoms with Gasteiger partial charge in [-0.2, -0.15) is 0 Å². The first-order valence-electron chi connectivity index (χ1n) is 9.82. The van der Waals surface area contributed by atoms with Crippen LogP contribution in [0.1, 0.15) is 0 Å². The van der Waals surface area contributed by atoms with Crippen LogP contribution in [0.25, 0.3) is 0 Å². The second-order valence-corrected chi connectivity index (χ2v) is 6.03. The van der Waals surface area contributed by atoms with Crippen LogP contribution in [0.15, 0.2) is 12.7 Å². The van der Waals surface area contributed by atoms with Crippen LogP contribution < -0.4 is 0 Å². The summed E-state index contributed by atoms with van der Waals surface area (Å²) in [6, 6.07) is 0. The zero-order chi connectivity index (χ0) is 22.5. The Morgan fingerprint density at radius 2 is 1.17 bits per heavy atom. The summed E-state index contributed by atoms with van der Waals surface area (Å²) in [5, 5.41) is 0. The van der Waals surface area contributed by atoms with E-state index in [0.717, 1.165) is 6.08 Å². The maximum Gasteiger partial charge on any atom is 0.330 e. The smallest absolute Gasteiger partial charge is 0.330 e. The fourth-order valence-corrected chi connectivity index (χ4v) is 2.33. The third-order valence-corrected chi connectivity index (χ3v) is 3.84.